The third-order valence-electron chi connectivity index (χ3n) is 9.81. The molecule has 0 bridgehead atoms. The lowest BCUT2D eigenvalue weighted by molar-refractivity contribution is -0.145. The first-order valence-electron chi connectivity index (χ1n) is 15.0. The number of rotatable bonds is 5. The number of esters is 1. The molecule has 3 heterocycles. The van der Waals surface area contributed by atoms with Crippen molar-refractivity contribution < 1.29 is 36.3 Å². The van der Waals surface area contributed by atoms with Crippen LogP contribution in [0.3, 0.4) is 0 Å². The summed E-state index contributed by atoms with van der Waals surface area (Å²) in [6, 6.07) is 20.3. The number of amides is 1. The third kappa shape index (κ3) is 4.05. The Morgan fingerprint density at radius 2 is 1.59 bits per heavy atom. The van der Waals surface area contributed by atoms with Gasteiger partial charge in [0, 0.05) is 24.3 Å². The first kappa shape index (κ1) is 30.2. The number of ether oxygens (including phenoxy) is 1. The largest absolute Gasteiger partial charge is 0.512 e. The number of carbonyl (C=O) groups is 2. The predicted molar refractivity (Wildman–Crippen MR) is 169 cm³/mol. The average Bonchev–Trinajstić information content (AvgIpc) is 3.41. The maximum atomic E-state index is 14.9. The van der Waals surface area contributed by atoms with Crippen molar-refractivity contribution in [2.75, 3.05) is 13.7 Å². The molecule has 0 saturated carbocycles. The van der Waals surface area contributed by atoms with E-state index in [0.29, 0.717) is 23.0 Å². The van der Waals surface area contributed by atoms with Crippen LogP contribution in [-0.2, 0) is 40.6 Å². The molecule has 1 fully saturated rings. The zero-order chi connectivity index (χ0) is 32.6. The number of hydrogen-bond acceptors (Lipinski definition) is 8. The van der Waals surface area contributed by atoms with Crippen LogP contribution < -0.4 is 0 Å². The smallest absolute Gasteiger partial charge is 0.337 e. The summed E-state index contributed by atoms with van der Waals surface area (Å²) in [5, 5.41) is 11.8. The highest BCUT2D eigenvalue weighted by atomic mass is 32.2. The number of benzene rings is 3. The molecule has 12 heteroatoms. The zero-order valence-electron chi connectivity index (χ0n) is 25.2. The number of methoxy groups -OCH3 is 1. The van der Waals surface area contributed by atoms with Gasteiger partial charge in [-0.25, -0.2) is 25.6 Å². The fraction of sp³-hybridized carbons (Fsp3) is 0.294. The molecule has 238 valence electrons. The Balaban J connectivity index is 1.49. The minimum atomic E-state index is -4.44. The zero-order valence-corrected chi connectivity index (χ0v) is 26.8. The van der Waals surface area contributed by atoms with Crippen molar-refractivity contribution in [2.45, 2.75) is 53.2 Å². The summed E-state index contributed by atoms with van der Waals surface area (Å²) in [6.45, 7) is 2.01. The van der Waals surface area contributed by atoms with Crippen LogP contribution in [0.25, 0.3) is 10.9 Å². The van der Waals surface area contributed by atoms with Crippen molar-refractivity contribution in [2.24, 2.45) is 5.92 Å². The maximum absolute atomic E-state index is 14.9. The van der Waals surface area contributed by atoms with Crippen LogP contribution in [0.5, 0.6) is 0 Å². The van der Waals surface area contributed by atoms with Crippen LogP contribution >= 0.6 is 0 Å². The molecule has 0 spiro atoms. The Hall–Kier alpha value is -4.42. The van der Waals surface area contributed by atoms with E-state index in [1.807, 2.05) is 19.1 Å². The van der Waals surface area contributed by atoms with E-state index in [-0.39, 0.29) is 46.9 Å². The van der Waals surface area contributed by atoms with Gasteiger partial charge in [0.15, 0.2) is 14.6 Å². The van der Waals surface area contributed by atoms with E-state index >= 15 is 0 Å². The Morgan fingerprint density at radius 3 is 2.28 bits per heavy atom. The van der Waals surface area contributed by atoms with E-state index in [1.54, 1.807) is 42.5 Å². The molecule has 46 heavy (non-hydrogen) atoms. The number of piperidine rings is 1. The number of hydrogen-bond donors (Lipinski definition) is 1. The Kier molecular flexibility index (Phi) is 6.94. The van der Waals surface area contributed by atoms with Crippen LogP contribution in [-0.4, -0.2) is 61.1 Å². The van der Waals surface area contributed by atoms with Crippen LogP contribution in [0.1, 0.15) is 42.1 Å². The van der Waals surface area contributed by atoms with Crippen LogP contribution in [0.2, 0.25) is 0 Å². The van der Waals surface area contributed by atoms with E-state index < -0.39 is 48.4 Å². The van der Waals surface area contributed by atoms with Crippen molar-refractivity contribution >= 4 is 42.6 Å². The van der Waals surface area contributed by atoms with E-state index in [0.717, 1.165) is 18.2 Å². The molecule has 3 aromatic carbocycles. The van der Waals surface area contributed by atoms with E-state index in [1.165, 1.54) is 33.1 Å². The van der Waals surface area contributed by atoms with Crippen molar-refractivity contribution in [3.05, 3.63) is 107 Å². The van der Waals surface area contributed by atoms with Gasteiger partial charge in [0.1, 0.15) is 5.76 Å². The summed E-state index contributed by atoms with van der Waals surface area (Å²) in [7, 11) is -7.51. The molecule has 3 atom stereocenters. The van der Waals surface area contributed by atoms with Crippen LogP contribution in [0.4, 0.5) is 0 Å². The summed E-state index contributed by atoms with van der Waals surface area (Å²) in [5.41, 5.74) is 2.14. The molecule has 0 radical (unpaired) electrons. The van der Waals surface area contributed by atoms with Gasteiger partial charge < -0.3 is 14.7 Å². The molecule has 10 nitrogen and oxygen atoms in total. The SMILES string of the molecule is COC(=O)C1=C(O)CC[C@]2(S(=O)(=O)c3ccccc3)C(=O)N3CCc4c(n(S(=O)(=O)c5ccc(C)cc5)c5ccccc45)[C@H]3C[C@H]12. The monoisotopic (exact) mass is 660 g/mol. The van der Waals surface area contributed by atoms with Gasteiger partial charge in [0.05, 0.1) is 39.7 Å². The molecule has 4 aromatic rings. The van der Waals surface area contributed by atoms with Gasteiger partial charge in [-0.1, -0.05) is 54.1 Å². The summed E-state index contributed by atoms with van der Waals surface area (Å²) < 4.78 is 62.3. The number of aromatic nitrogens is 1. The van der Waals surface area contributed by atoms with Crippen LogP contribution in [0.15, 0.2) is 100.0 Å². The second-order valence-electron chi connectivity index (χ2n) is 12.1. The summed E-state index contributed by atoms with van der Waals surface area (Å²) in [5.74, 6) is -3.30. The highest BCUT2D eigenvalue weighted by Gasteiger charge is 2.66. The predicted octanol–water partition coefficient (Wildman–Crippen LogP) is 4.62. The lowest BCUT2D eigenvalue weighted by Gasteiger charge is -2.53. The number of allylic oxidation sites excluding steroid dienone is 1. The number of nitrogens with zero attached hydrogens (tertiary/aromatic N) is 2. The molecular weight excluding hydrogens is 629 g/mol. The van der Waals surface area contributed by atoms with Gasteiger partial charge in [-0.05, 0) is 62.1 Å². The summed E-state index contributed by atoms with van der Waals surface area (Å²) in [6.07, 6.45) is -0.296. The van der Waals surface area contributed by atoms with Gasteiger partial charge in [-0.15, -0.1) is 0 Å². The molecule has 1 aromatic heterocycles. The molecule has 3 aliphatic rings. The second kappa shape index (κ2) is 10.6. The molecule has 1 aliphatic carbocycles. The molecule has 1 N–H and O–H groups in total. The van der Waals surface area contributed by atoms with Gasteiger partial charge in [0.2, 0.25) is 5.91 Å². The van der Waals surface area contributed by atoms with E-state index in [2.05, 4.69) is 0 Å². The molecule has 2 aliphatic heterocycles. The normalized spacial score (nSPS) is 23.1. The standard InChI is InChI=1S/C34H32N2O8S2/c1-21-12-14-23(15-13-21)46(42,43)36-27-11-7-6-10-24(27)25-17-19-35-28(31(25)36)20-26-30(32(38)44-2)29(37)16-18-34(26,33(35)39)45(40,41)22-8-4-3-5-9-22/h3-15,26,28,37H,16-20H2,1-2H3/t26-,28-,34-/m1/s1. The number of aliphatic hydroxyl groups excluding tert-OH is 1. The Morgan fingerprint density at radius 1 is 0.913 bits per heavy atom. The van der Waals surface area contributed by atoms with E-state index in [9.17, 15) is 31.5 Å². The summed E-state index contributed by atoms with van der Waals surface area (Å²) in [4.78, 5) is 29.6. The quantitative estimate of drug-likeness (QED) is 0.306. The van der Waals surface area contributed by atoms with Crippen molar-refractivity contribution in [3.8, 4) is 0 Å². The average molecular weight is 661 g/mol. The Bertz CT molecular complexity index is 2170. The van der Waals surface area contributed by atoms with Gasteiger partial charge >= 0.3 is 5.97 Å². The molecule has 1 amide bonds. The summed E-state index contributed by atoms with van der Waals surface area (Å²) >= 11 is 0. The van der Waals surface area contributed by atoms with Gasteiger partial charge in [0.25, 0.3) is 10.0 Å². The molecule has 1 saturated heterocycles. The first-order valence-corrected chi connectivity index (χ1v) is 17.9. The Labute approximate surface area is 266 Å². The molecule has 7 rings (SSSR count). The second-order valence-corrected chi connectivity index (χ2v) is 16.1. The molecule has 0 unspecified atom stereocenters. The molecular formula is C34H32N2O8S2. The highest BCUT2D eigenvalue weighted by Crippen LogP contribution is 2.56. The first-order chi connectivity index (χ1) is 21.9. The number of sulfone groups is 1. The lowest BCUT2D eigenvalue weighted by Crippen LogP contribution is -2.66. The fourth-order valence-corrected chi connectivity index (χ4v) is 11.5. The fourth-order valence-electron chi connectivity index (χ4n) is 7.68. The highest BCUT2D eigenvalue weighted by molar-refractivity contribution is 7.93. The van der Waals surface area contributed by atoms with Crippen LogP contribution in [0, 0.1) is 12.8 Å². The minimum Gasteiger partial charge on any atom is -0.512 e. The van der Waals surface area contributed by atoms with E-state index in [4.69, 9.17) is 4.74 Å². The number of fused-ring (bicyclic) bond motifs is 6. The number of para-hydroxylation sites is 1. The topological polar surface area (TPSA) is 140 Å². The maximum Gasteiger partial charge on any atom is 0.337 e. The van der Waals surface area contributed by atoms with Crippen molar-refractivity contribution in [3.63, 3.8) is 0 Å². The number of aliphatic hydroxyl groups is 1. The van der Waals surface area contributed by atoms with Crippen molar-refractivity contribution in [1.82, 2.24) is 8.87 Å². The van der Waals surface area contributed by atoms with Gasteiger partial charge in [-0.2, -0.15) is 0 Å². The number of carbonyl (C=O) groups excluding carboxylic acids is 2. The minimum absolute atomic E-state index is 0.0624. The number of aryl methyl sites for hydroxylation is 1. The third-order valence-corrected chi connectivity index (χ3v) is 14.1. The lowest BCUT2D eigenvalue weighted by atomic mass is 9.68. The van der Waals surface area contributed by atoms with Gasteiger partial charge in [-0.3, -0.25) is 4.79 Å². The van der Waals surface area contributed by atoms with Crippen molar-refractivity contribution in [1.29, 1.82) is 0 Å².